The molecule has 0 bridgehead atoms. The van der Waals surface area contributed by atoms with E-state index in [1.54, 1.807) is 4.52 Å². The van der Waals surface area contributed by atoms with Gasteiger partial charge < -0.3 is 4.90 Å². The third-order valence-corrected chi connectivity index (χ3v) is 5.64. The lowest BCUT2D eigenvalue weighted by Crippen LogP contribution is -2.48. The molecule has 0 N–H and O–H groups in total. The Labute approximate surface area is 145 Å². The molecule has 3 heterocycles. The molecule has 1 aliphatic heterocycles. The van der Waals surface area contributed by atoms with Crippen LogP contribution in [-0.2, 0) is 10.0 Å². The first-order valence-corrected chi connectivity index (χ1v) is 9.83. The second-order valence-corrected chi connectivity index (χ2v) is 7.97. The van der Waals surface area contributed by atoms with Crippen LogP contribution in [0.3, 0.4) is 0 Å². The van der Waals surface area contributed by atoms with Gasteiger partial charge in [-0.1, -0.05) is 30.3 Å². The number of sulfonamides is 1. The first-order valence-electron chi connectivity index (χ1n) is 7.99. The summed E-state index contributed by atoms with van der Waals surface area (Å²) in [6.45, 7) is 2.11. The van der Waals surface area contributed by atoms with Crippen LogP contribution in [0.2, 0.25) is 0 Å². The van der Waals surface area contributed by atoms with Crippen molar-refractivity contribution in [2.24, 2.45) is 0 Å². The third kappa shape index (κ3) is 3.08. The number of hydrogen-bond donors (Lipinski definition) is 0. The molecule has 9 heteroatoms. The van der Waals surface area contributed by atoms with Crippen LogP contribution >= 0.6 is 0 Å². The molecule has 0 saturated carbocycles. The Morgan fingerprint density at radius 2 is 1.76 bits per heavy atom. The maximum Gasteiger partial charge on any atom is 0.254 e. The van der Waals surface area contributed by atoms with E-state index in [4.69, 9.17) is 0 Å². The minimum Gasteiger partial charge on any atom is -0.354 e. The van der Waals surface area contributed by atoms with E-state index < -0.39 is 10.0 Å². The molecule has 1 aliphatic rings. The Kier molecular flexibility index (Phi) is 3.89. The van der Waals surface area contributed by atoms with Gasteiger partial charge in [0.05, 0.1) is 11.9 Å². The van der Waals surface area contributed by atoms with Crippen LogP contribution in [-0.4, -0.2) is 64.7 Å². The van der Waals surface area contributed by atoms with E-state index in [0.717, 1.165) is 17.1 Å². The summed E-state index contributed by atoms with van der Waals surface area (Å²) in [6.07, 6.45) is 2.73. The van der Waals surface area contributed by atoms with Gasteiger partial charge in [-0.05, 0) is 0 Å². The van der Waals surface area contributed by atoms with Crippen molar-refractivity contribution in [3.05, 3.63) is 42.7 Å². The van der Waals surface area contributed by atoms with E-state index in [-0.39, 0.29) is 0 Å². The van der Waals surface area contributed by atoms with Gasteiger partial charge in [-0.2, -0.15) is 18.9 Å². The summed E-state index contributed by atoms with van der Waals surface area (Å²) in [4.78, 5) is 10.9. The predicted octanol–water partition coefficient (Wildman–Crippen LogP) is 0.873. The van der Waals surface area contributed by atoms with Crippen LogP contribution < -0.4 is 4.90 Å². The van der Waals surface area contributed by atoms with E-state index in [1.165, 1.54) is 16.9 Å². The van der Waals surface area contributed by atoms with Crippen molar-refractivity contribution in [2.45, 2.75) is 0 Å². The Hall–Kier alpha value is -2.52. The van der Waals surface area contributed by atoms with Crippen molar-refractivity contribution in [2.75, 3.05) is 37.3 Å². The van der Waals surface area contributed by atoms with Crippen LogP contribution in [0.25, 0.3) is 17.0 Å². The lowest BCUT2D eigenvalue weighted by molar-refractivity contribution is 0.386. The molecule has 1 aromatic carbocycles. The smallest absolute Gasteiger partial charge is 0.254 e. The highest BCUT2D eigenvalue weighted by Crippen LogP contribution is 2.24. The Bertz CT molecular complexity index is 994. The fourth-order valence-electron chi connectivity index (χ4n) is 3.03. The molecule has 1 fully saturated rings. The van der Waals surface area contributed by atoms with Gasteiger partial charge in [0.1, 0.15) is 12.1 Å². The maximum absolute atomic E-state index is 11.7. The third-order valence-electron chi connectivity index (χ3n) is 4.33. The fraction of sp³-hybridized carbons (Fsp3) is 0.312. The van der Waals surface area contributed by atoms with Crippen LogP contribution in [0, 0.1) is 0 Å². The van der Waals surface area contributed by atoms with E-state index in [1.807, 2.05) is 36.4 Å². The maximum atomic E-state index is 11.7. The van der Waals surface area contributed by atoms with Gasteiger partial charge in [0.2, 0.25) is 10.0 Å². The molecule has 3 aromatic rings. The number of rotatable bonds is 3. The van der Waals surface area contributed by atoms with Crippen molar-refractivity contribution in [1.29, 1.82) is 0 Å². The van der Waals surface area contributed by atoms with E-state index in [0.29, 0.717) is 32.0 Å². The Morgan fingerprint density at radius 1 is 1.04 bits per heavy atom. The molecule has 8 nitrogen and oxygen atoms in total. The lowest BCUT2D eigenvalue weighted by Gasteiger charge is -2.34. The van der Waals surface area contributed by atoms with Gasteiger partial charge in [-0.3, -0.25) is 0 Å². The largest absolute Gasteiger partial charge is 0.354 e. The van der Waals surface area contributed by atoms with Gasteiger partial charge >= 0.3 is 0 Å². The molecule has 0 aliphatic carbocycles. The number of fused-ring (bicyclic) bond motifs is 1. The minimum absolute atomic E-state index is 0.456. The van der Waals surface area contributed by atoms with Crippen molar-refractivity contribution in [3.63, 3.8) is 0 Å². The second-order valence-electron chi connectivity index (χ2n) is 5.99. The highest BCUT2D eigenvalue weighted by Gasteiger charge is 2.25. The Morgan fingerprint density at radius 3 is 2.44 bits per heavy atom. The summed E-state index contributed by atoms with van der Waals surface area (Å²) in [5.74, 6) is 1.40. The normalized spacial score (nSPS) is 16.4. The van der Waals surface area contributed by atoms with Crippen molar-refractivity contribution in [3.8, 4) is 11.3 Å². The van der Waals surface area contributed by atoms with Crippen molar-refractivity contribution in [1.82, 2.24) is 23.9 Å². The van der Waals surface area contributed by atoms with Gasteiger partial charge in [0.15, 0.2) is 0 Å². The highest BCUT2D eigenvalue weighted by atomic mass is 32.2. The minimum atomic E-state index is -3.15. The number of piperazine rings is 1. The highest BCUT2D eigenvalue weighted by molar-refractivity contribution is 7.88. The monoisotopic (exact) mass is 358 g/mol. The standard InChI is InChI=1S/C16H18N6O2S/c1-25(23,24)21-9-7-20(8-10-21)15-11-14(13-5-3-2-4-6-13)19-16-17-12-18-22(15)16/h2-6,11-12H,7-10H2,1H3. The zero-order valence-electron chi connectivity index (χ0n) is 13.8. The van der Waals surface area contributed by atoms with Crippen LogP contribution in [0.4, 0.5) is 5.82 Å². The molecule has 0 spiro atoms. The molecule has 4 rings (SSSR count). The summed E-state index contributed by atoms with van der Waals surface area (Å²) in [5, 5.41) is 4.27. The van der Waals surface area contributed by atoms with Gasteiger partial charge in [0.25, 0.3) is 5.78 Å². The van der Waals surface area contributed by atoms with Crippen LogP contribution in [0.15, 0.2) is 42.7 Å². The fourth-order valence-corrected chi connectivity index (χ4v) is 3.85. The topological polar surface area (TPSA) is 83.7 Å². The van der Waals surface area contributed by atoms with E-state index in [9.17, 15) is 8.42 Å². The first-order chi connectivity index (χ1) is 12.0. The lowest BCUT2D eigenvalue weighted by atomic mass is 10.1. The zero-order valence-corrected chi connectivity index (χ0v) is 14.6. The van der Waals surface area contributed by atoms with Gasteiger partial charge in [0, 0.05) is 37.8 Å². The molecule has 0 radical (unpaired) electrons. The summed E-state index contributed by atoms with van der Waals surface area (Å²) < 4.78 is 26.6. The molecule has 130 valence electrons. The molecule has 2 aromatic heterocycles. The van der Waals surface area contributed by atoms with Crippen LogP contribution in [0.1, 0.15) is 0 Å². The van der Waals surface area contributed by atoms with Gasteiger partial charge in [-0.25, -0.2) is 13.4 Å². The predicted molar refractivity (Wildman–Crippen MR) is 94.8 cm³/mol. The summed E-state index contributed by atoms with van der Waals surface area (Å²) >= 11 is 0. The van der Waals surface area contributed by atoms with E-state index in [2.05, 4.69) is 20.0 Å². The van der Waals surface area contributed by atoms with E-state index >= 15 is 0 Å². The molecule has 1 saturated heterocycles. The molecule has 0 atom stereocenters. The molecule has 0 amide bonds. The molecular weight excluding hydrogens is 340 g/mol. The molecular formula is C16H18N6O2S. The average molecular weight is 358 g/mol. The number of anilines is 1. The first kappa shape index (κ1) is 16.0. The Balaban J connectivity index is 1.71. The molecule has 0 unspecified atom stereocenters. The van der Waals surface area contributed by atoms with Crippen molar-refractivity contribution >= 4 is 21.6 Å². The van der Waals surface area contributed by atoms with Crippen molar-refractivity contribution < 1.29 is 8.42 Å². The summed E-state index contributed by atoms with van der Waals surface area (Å²) in [7, 11) is -3.15. The number of benzene rings is 1. The SMILES string of the molecule is CS(=O)(=O)N1CCN(c2cc(-c3ccccc3)nc3ncnn23)CC1. The zero-order chi connectivity index (χ0) is 17.4. The number of aromatic nitrogens is 4. The van der Waals surface area contributed by atoms with Gasteiger partial charge in [-0.15, -0.1) is 0 Å². The summed E-state index contributed by atoms with van der Waals surface area (Å²) in [5.41, 5.74) is 1.82. The number of nitrogens with zero attached hydrogens (tertiary/aromatic N) is 6. The van der Waals surface area contributed by atoms with Crippen LogP contribution in [0.5, 0.6) is 0 Å². The quantitative estimate of drug-likeness (QED) is 0.691. The number of hydrogen-bond acceptors (Lipinski definition) is 6. The average Bonchev–Trinajstić information content (AvgIpc) is 3.09. The summed E-state index contributed by atoms with van der Waals surface area (Å²) in [6, 6.07) is 11.9. The molecule has 25 heavy (non-hydrogen) atoms. The second kappa shape index (κ2) is 6.08.